The smallest absolute Gasteiger partial charge is 0.310 e. The van der Waals surface area contributed by atoms with Crippen LogP contribution < -0.4 is 14.5 Å². The zero-order chi connectivity index (χ0) is 65.4. The summed E-state index contributed by atoms with van der Waals surface area (Å²) in [6.45, 7) is 8.97. The van der Waals surface area contributed by atoms with Gasteiger partial charge in [-0.15, -0.1) is 0 Å². The van der Waals surface area contributed by atoms with E-state index in [0.29, 0.717) is 11.5 Å². The minimum absolute atomic E-state index is 0.0247. The molecule has 17 rings (SSSR count). The molecule has 0 radical (unpaired) electrons. The predicted octanol–water partition coefficient (Wildman–Crippen LogP) is 23.2. The maximum atomic E-state index is 7.26. The van der Waals surface area contributed by atoms with Gasteiger partial charge < -0.3 is 4.90 Å². The Labute approximate surface area is 577 Å². The molecule has 2 aliphatic rings. The Morgan fingerprint density at radius 1 is 0.392 bits per heavy atom. The number of nitrogens with zero attached hydrogens (tertiary/aromatic N) is 5. The molecular weight excluding hydrogens is 1360 g/mol. The van der Waals surface area contributed by atoms with E-state index in [1.807, 2.05) is 12.3 Å². The molecule has 468 valence electrons. The molecule has 0 bridgehead atoms. The molecule has 0 saturated carbocycles. The molecule has 6 nitrogen and oxygen atoms in total. The summed E-state index contributed by atoms with van der Waals surface area (Å²) in [5, 5.41) is 0. The van der Waals surface area contributed by atoms with Crippen molar-refractivity contribution in [1.82, 2.24) is 14.1 Å². The number of pyridine rings is 1. The Hall–Kier alpha value is -11.4. The number of fused-ring (bicyclic) bond motifs is 9. The Kier molecular flexibility index (Phi) is 14.7. The molecule has 2 aliphatic heterocycles. The number of ether oxygens (including phenoxy) is 1. The first-order valence-electron chi connectivity index (χ1n) is 33.0. The van der Waals surface area contributed by atoms with Gasteiger partial charge in [-0.25, -0.2) is 0 Å². The van der Waals surface area contributed by atoms with Crippen LogP contribution in [-0.4, -0.2) is 14.1 Å². The van der Waals surface area contributed by atoms with Crippen LogP contribution in [0.2, 0.25) is 0 Å². The molecule has 0 unspecified atom stereocenters. The summed E-state index contributed by atoms with van der Waals surface area (Å²) in [6, 6.07) is 122. The summed E-state index contributed by atoms with van der Waals surface area (Å²) in [4.78, 5) is 10.3. The van der Waals surface area contributed by atoms with Crippen molar-refractivity contribution in [1.29, 1.82) is 0 Å². The monoisotopic (exact) mass is 1430 g/mol. The molecule has 0 atom stereocenters. The van der Waals surface area contributed by atoms with Crippen LogP contribution in [0.4, 0.5) is 34.3 Å². The van der Waals surface area contributed by atoms with Crippen LogP contribution in [0.5, 0.6) is 11.5 Å². The van der Waals surface area contributed by atoms with E-state index in [0.717, 1.165) is 144 Å². The Bertz CT molecular complexity index is 5420. The number of para-hydroxylation sites is 5. The number of rotatable bonds is 11. The van der Waals surface area contributed by atoms with Gasteiger partial charge in [-0.05, 0) is 87.7 Å². The quantitative estimate of drug-likeness (QED) is 0.121. The second-order valence-electron chi connectivity index (χ2n) is 26.1. The number of anilines is 6. The van der Waals surface area contributed by atoms with Gasteiger partial charge in [0.2, 0.25) is 0 Å². The molecule has 2 aromatic heterocycles. The van der Waals surface area contributed by atoms with Gasteiger partial charge in [0, 0.05) is 28.8 Å². The minimum Gasteiger partial charge on any atom is -0.310 e. The minimum atomic E-state index is -0.945. The zero-order valence-corrected chi connectivity index (χ0v) is 56.3. The average Bonchev–Trinajstić information content (AvgIpc) is 1.26. The van der Waals surface area contributed by atoms with Crippen molar-refractivity contribution in [3.63, 3.8) is 0 Å². The third-order valence-electron chi connectivity index (χ3n) is 19.3. The van der Waals surface area contributed by atoms with E-state index >= 15 is 0 Å². The molecule has 1 spiro atoms. The summed E-state index contributed by atoms with van der Waals surface area (Å²) in [5.74, 6) is 1.84. The topological polar surface area (TPSA) is 38.5 Å². The van der Waals surface area contributed by atoms with Crippen LogP contribution in [0.3, 0.4) is 0 Å². The van der Waals surface area contributed by atoms with Crippen molar-refractivity contribution < 1.29 is 24.1 Å². The molecule has 13 aromatic carbocycles. The first kappa shape index (κ1) is 59.3. The number of imidazole rings is 1. The molecule has 0 fully saturated rings. The summed E-state index contributed by atoms with van der Waals surface area (Å²) in [6.07, 6.45) is 2.05. The summed E-state index contributed by atoms with van der Waals surface area (Å²) in [7, 11) is 0. The number of aromatic nitrogens is 3. The Morgan fingerprint density at radius 3 is 1.47 bits per heavy atom. The first-order chi connectivity index (χ1) is 47.6. The summed E-state index contributed by atoms with van der Waals surface area (Å²) >= 11 is 2.51. The van der Waals surface area contributed by atoms with Crippen molar-refractivity contribution in [2.45, 2.75) is 38.5 Å². The van der Waals surface area contributed by atoms with Crippen molar-refractivity contribution in [3.05, 3.63) is 371 Å². The van der Waals surface area contributed by atoms with Gasteiger partial charge in [-0.1, -0.05) is 154 Å². The number of benzene rings is 13. The van der Waals surface area contributed by atoms with Crippen LogP contribution in [0.25, 0.3) is 78.0 Å². The van der Waals surface area contributed by atoms with Crippen LogP contribution in [-0.2, 0) is 30.2 Å². The maximum absolute atomic E-state index is 7.26. The van der Waals surface area contributed by atoms with E-state index < -0.39 is 5.41 Å². The molecule has 4 heterocycles. The van der Waals surface area contributed by atoms with Crippen molar-refractivity contribution in [2.75, 3.05) is 9.80 Å². The third kappa shape index (κ3) is 10.1. The fraction of sp³-hybridized carbons (Fsp3) is 0.0667. The van der Waals surface area contributed by atoms with E-state index in [1.54, 1.807) is 0 Å². The number of hydrogen-bond donors (Lipinski definition) is 0. The van der Waals surface area contributed by atoms with Gasteiger partial charge in [0.1, 0.15) is 0 Å². The Morgan fingerprint density at radius 2 is 0.887 bits per heavy atom. The molecular formula is C90H65N5OPt-2. The van der Waals surface area contributed by atoms with Gasteiger partial charge in [0.25, 0.3) is 0 Å². The fourth-order valence-electron chi connectivity index (χ4n) is 14.8. The van der Waals surface area contributed by atoms with Crippen LogP contribution in [0.15, 0.2) is 322 Å². The molecule has 7 heteroatoms. The number of hydrogen-bond acceptors (Lipinski definition) is 4. The fourth-order valence-corrected chi connectivity index (χ4v) is 15.9. The van der Waals surface area contributed by atoms with Gasteiger partial charge in [-0.3, -0.25) is 0 Å². The summed E-state index contributed by atoms with van der Waals surface area (Å²) < 4.78 is 12.9. The van der Waals surface area contributed by atoms with E-state index in [2.05, 4.69) is 387 Å². The first-order valence-corrected chi connectivity index (χ1v) is 34.1. The van der Waals surface area contributed by atoms with Gasteiger partial charge in [0.15, 0.2) is 0 Å². The molecule has 0 aliphatic carbocycles. The molecule has 15 aromatic rings. The normalized spacial score (nSPS) is 12.8. The van der Waals surface area contributed by atoms with E-state index in [9.17, 15) is 0 Å². The van der Waals surface area contributed by atoms with E-state index in [4.69, 9.17) is 9.72 Å². The molecule has 0 N–H and O–H groups in total. The SMILES string of the molecule is Cc1cc(N2c3[c-]c(Oc4[c-]c(-n5[c](=[Pt])n(-c6c(-c7ccccc7)cccc6-c6ccccc6)c6ccccc65)ccc4)ccc3C3(c4ccccc42)c2cc(-c4ccccc4)ccc2N(c2ccccc2)c2ccc(-c4ccccc4)cc23)ncc1-c1ccc(C(C)(C)C)cc1. The average molecular weight is 1430 g/mol. The van der Waals surface area contributed by atoms with Crippen LogP contribution >= 0.6 is 0 Å². The Balaban J connectivity index is 0.883. The van der Waals surface area contributed by atoms with Crippen LogP contribution in [0.1, 0.15) is 54.2 Å². The van der Waals surface area contributed by atoms with Gasteiger partial charge in [-0.2, -0.15) is 0 Å². The standard InChI is InChI=1S/C90H65N5O.Pt/c1-61-54-87(91-59-76(61)66-44-48-69(49-45-66)89(2,3)4)95-81-41-21-20-40-77(81)90(79-55-67(62-26-10-5-11-27-62)46-52-82(79)94(70-34-18-9-19-35-70)83-53-47-68(56-80(83)90)63-28-12-6-13-29-63)78-51-50-73(58-86(78)95)96-72-37-24-36-71(57-72)92-60-93(85-43-23-22-42-84(85)92)88-74(64-30-14-7-15-31-64)38-25-39-75(88)65-32-16-8-17-33-65;/h5-56,59H,1-4H3;/q-2;. The predicted molar refractivity (Wildman–Crippen MR) is 393 cm³/mol. The molecule has 0 amide bonds. The van der Waals surface area contributed by atoms with Crippen molar-refractivity contribution in [2.24, 2.45) is 0 Å². The van der Waals surface area contributed by atoms with E-state index in [1.165, 1.54) is 5.56 Å². The van der Waals surface area contributed by atoms with Crippen molar-refractivity contribution >= 4 is 45.3 Å². The second-order valence-corrected chi connectivity index (χ2v) is 27.1. The molecule has 97 heavy (non-hydrogen) atoms. The third-order valence-corrected chi connectivity index (χ3v) is 20.3. The van der Waals surface area contributed by atoms with Gasteiger partial charge in [0.05, 0.1) is 0 Å². The van der Waals surface area contributed by atoms with Crippen LogP contribution in [0, 0.1) is 22.9 Å². The number of aryl methyl sites for hydroxylation is 1. The summed E-state index contributed by atoms with van der Waals surface area (Å²) in [5.41, 5.74) is 26.2. The zero-order valence-electron chi connectivity index (χ0n) is 54.1. The van der Waals surface area contributed by atoms with Crippen molar-refractivity contribution in [3.8, 4) is 78.5 Å². The second kappa shape index (κ2) is 24.1. The van der Waals surface area contributed by atoms with E-state index in [-0.39, 0.29) is 5.41 Å². The van der Waals surface area contributed by atoms with Gasteiger partial charge >= 0.3 is 306 Å². The molecule has 0 saturated heterocycles.